The van der Waals surface area contributed by atoms with Gasteiger partial charge in [-0.2, -0.15) is 0 Å². The summed E-state index contributed by atoms with van der Waals surface area (Å²) >= 11 is 3.09. The summed E-state index contributed by atoms with van der Waals surface area (Å²) in [7, 11) is 0. The van der Waals surface area contributed by atoms with Gasteiger partial charge in [0.1, 0.15) is 11.6 Å². The second kappa shape index (κ2) is 5.79. The quantitative estimate of drug-likeness (QED) is 0.762. The molecule has 3 aromatic rings. The molecule has 0 saturated heterocycles. The maximum atomic E-state index is 13.5. The summed E-state index contributed by atoms with van der Waals surface area (Å²) in [6.45, 7) is -0.202. The minimum absolute atomic E-state index is 0.202. The molecule has 106 valence electrons. The average molecular weight is 348 g/mol. The van der Waals surface area contributed by atoms with Crippen LogP contribution in [0.15, 0.2) is 53.0 Å². The highest BCUT2D eigenvalue weighted by Gasteiger charge is 2.10. The van der Waals surface area contributed by atoms with E-state index in [9.17, 15) is 9.50 Å². The molecule has 0 saturated carbocycles. The highest BCUT2D eigenvalue weighted by Crippen LogP contribution is 2.29. The summed E-state index contributed by atoms with van der Waals surface area (Å²) in [6, 6.07) is 13.8. The van der Waals surface area contributed by atoms with Crippen LogP contribution in [0.3, 0.4) is 0 Å². The van der Waals surface area contributed by atoms with Gasteiger partial charge in [-0.15, -0.1) is 0 Å². The lowest BCUT2D eigenvalue weighted by Crippen LogP contribution is -1.96. The third-order valence-corrected chi connectivity index (χ3v) is 3.68. The number of halogens is 2. The highest BCUT2D eigenvalue weighted by molar-refractivity contribution is 9.10. The van der Waals surface area contributed by atoms with Gasteiger partial charge in [0.2, 0.25) is 5.88 Å². The first kappa shape index (κ1) is 14.0. The largest absolute Gasteiger partial charge is 0.439 e. The molecule has 3 rings (SSSR count). The van der Waals surface area contributed by atoms with Gasteiger partial charge >= 0.3 is 0 Å². The lowest BCUT2D eigenvalue weighted by Gasteiger charge is -2.10. The van der Waals surface area contributed by atoms with Crippen molar-refractivity contribution in [3.63, 3.8) is 0 Å². The summed E-state index contributed by atoms with van der Waals surface area (Å²) in [6.07, 6.45) is 0. The first-order valence-electron chi connectivity index (χ1n) is 6.30. The van der Waals surface area contributed by atoms with Crippen molar-refractivity contribution >= 4 is 26.8 Å². The number of aromatic nitrogens is 1. The molecule has 21 heavy (non-hydrogen) atoms. The van der Waals surface area contributed by atoms with Gasteiger partial charge in [0.25, 0.3) is 0 Å². The van der Waals surface area contributed by atoms with Crippen LogP contribution in [0.2, 0.25) is 0 Å². The van der Waals surface area contributed by atoms with Crippen LogP contribution in [-0.2, 0) is 6.61 Å². The normalized spacial score (nSPS) is 10.8. The number of para-hydroxylation sites is 1. The standard InChI is InChI=1S/C16H11BrFNO2/c17-13-6-5-12(8-14(13)18)21-16-11(9-20)7-10-3-1-2-4-15(10)19-16/h1-8,20H,9H2. The average Bonchev–Trinajstić information content (AvgIpc) is 2.50. The summed E-state index contributed by atoms with van der Waals surface area (Å²) < 4.78 is 19.5. The van der Waals surface area contributed by atoms with Crippen molar-refractivity contribution < 1.29 is 14.2 Å². The van der Waals surface area contributed by atoms with E-state index in [1.54, 1.807) is 12.1 Å². The maximum absolute atomic E-state index is 13.5. The molecule has 2 aromatic carbocycles. The molecular weight excluding hydrogens is 337 g/mol. The molecule has 0 fully saturated rings. The summed E-state index contributed by atoms with van der Waals surface area (Å²) in [5.41, 5.74) is 1.30. The van der Waals surface area contributed by atoms with E-state index in [4.69, 9.17) is 4.74 Å². The fourth-order valence-corrected chi connectivity index (χ4v) is 2.24. The molecule has 0 bridgehead atoms. The SMILES string of the molecule is OCc1cc2ccccc2nc1Oc1ccc(Br)c(F)c1. The number of hydrogen-bond donors (Lipinski definition) is 1. The van der Waals surface area contributed by atoms with E-state index in [1.165, 1.54) is 6.07 Å². The fourth-order valence-electron chi connectivity index (χ4n) is 2.00. The van der Waals surface area contributed by atoms with Crippen LogP contribution >= 0.6 is 15.9 Å². The summed E-state index contributed by atoms with van der Waals surface area (Å²) in [4.78, 5) is 4.38. The van der Waals surface area contributed by atoms with Gasteiger partial charge in [0.15, 0.2) is 0 Å². The Bertz CT molecular complexity index is 807. The molecule has 0 spiro atoms. The van der Waals surface area contributed by atoms with Gasteiger partial charge < -0.3 is 9.84 Å². The van der Waals surface area contributed by atoms with Crippen LogP contribution in [0, 0.1) is 5.82 Å². The number of aliphatic hydroxyl groups excluding tert-OH is 1. The zero-order valence-corrected chi connectivity index (χ0v) is 12.5. The van der Waals surface area contributed by atoms with Gasteiger partial charge in [-0.1, -0.05) is 18.2 Å². The van der Waals surface area contributed by atoms with E-state index in [2.05, 4.69) is 20.9 Å². The second-order valence-electron chi connectivity index (χ2n) is 4.48. The Balaban J connectivity index is 2.04. The van der Waals surface area contributed by atoms with Crippen LogP contribution in [0.25, 0.3) is 10.9 Å². The van der Waals surface area contributed by atoms with Crippen LogP contribution in [0.1, 0.15) is 5.56 Å². The van der Waals surface area contributed by atoms with Crippen LogP contribution in [0.4, 0.5) is 4.39 Å². The first-order chi connectivity index (χ1) is 10.2. The fraction of sp³-hybridized carbons (Fsp3) is 0.0625. The van der Waals surface area contributed by atoms with E-state index in [1.807, 2.05) is 30.3 Å². The van der Waals surface area contributed by atoms with Crippen molar-refractivity contribution in [3.8, 4) is 11.6 Å². The molecule has 0 radical (unpaired) electrons. The number of hydrogen-bond acceptors (Lipinski definition) is 3. The molecule has 0 aliphatic rings. The molecule has 0 aliphatic carbocycles. The van der Waals surface area contributed by atoms with Gasteiger partial charge in [0.05, 0.1) is 16.6 Å². The molecule has 0 atom stereocenters. The number of aliphatic hydroxyl groups is 1. The Morgan fingerprint density at radius 1 is 1.14 bits per heavy atom. The van der Waals surface area contributed by atoms with E-state index in [0.717, 1.165) is 10.9 Å². The molecule has 1 aromatic heterocycles. The van der Waals surface area contributed by atoms with Crippen molar-refractivity contribution in [2.24, 2.45) is 0 Å². The smallest absolute Gasteiger partial charge is 0.225 e. The molecule has 1 N–H and O–H groups in total. The van der Waals surface area contributed by atoms with Crippen molar-refractivity contribution in [2.45, 2.75) is 6.61 Å². The minimum atomic E-state index is -0.418. The molecule has 0 aliphatic heterocycles. The van der Waals surface area contributed by atoms with E-state index < -0.39 is 5.82 Å². The summed E-state index contributed by atoms with van der Waals surface area (Å²) in [5.74, 6) is 0.185. The number of fused-ring (bicyclic) bond motifs is 1. The Kier molecular flexibility index (Phi) is 3.86. The van der Waals surface area contributed by atoms with Crippen molar-refractivity contribution in [1.29, 1.82) is 0 Å². The predicted octanol–water partition coefficient (Wildman–Crippen LogP) is 4.42. The number of ether oxygens (including phenoxy) is 1. The lowest BCUT2D eigenvalue weighted by molar-refractivity contribution is 0.275. The molecule has 3 nitrogen and oxygen atoms in total. The molecule has 0 amide bonds. The second-order valence-corrected chi connectivity index (χ2v) is 5.34. The Morgan fingerprint density at radius 2 is 1.95 bits per heavy atom. The number of rotatable bonds is 3. The third-order valence-electron chi connectivity index (χ3n) is 3.04. The first-order valence-corrected chi connectivity index (χ1v) is 7.09. The van der Waals surface area contributed by atoms with Crippen LogP contribution in [-0.4, -0.2) is 10.1 Å². The van der Waals surface area contributed by atoms with Gasteiger partial charge in [-0.05, 0) is 40.2 Å². The topological polar surface area (TPSA) is 42.4 Å². The third kappa shape index (κ3) is 2.89. The monoisotopic (exact) mass is 347 g/mol. The van der Waals surface area contributed by atoms with Crippen molar-refractivity contribution in [1.82, 2.24) is 4.98 Å². The Morgan fingerprint density at radius 3 is 2.71 bits per heavy atom. The highest BCUT2D eigenvalue weighted by atomic mass is 79.9. The lowest BCUT2D eigenvalue weighted by atomic mass is 10.1. The zero-order valence-electron chi connectivity index (χ0n) is 10.9. The number of pyridine rings is 1. The predicted molar refractivity (Wildman–Crippen MR) is 81.8 cm³/mol. The van der Waals surface area contributed by atoms with Gasteiger partial charge in [0, 0.05) is 17.0 Å². The van der Waals surface area contributed by atoms with Crippen molar-refractivity contribution in [2.75, 3.05) is 0 Å². The van der Waals surface area contributed by atoms with E-state index >= 15 is 0 Å². The molecular formula is C16H11BrFNO2. The number of benzene rings is 2. The van der Waals surface area contributed by atoms with Gasteiger partial charge in [-0.25, -0.2) is 9.37 Å². The molecule has 0 unspecified atom stereocenters. The summed E-state index contributed by atoms with van der Waals surface area (Å²) in [5, 5.41) is 10.4. The Labute approximate surface area is 129 Å². The molecule has 5 heteroatoms. The molecule has 1 heterocycles. The van der Waals surface area contributed by atoms with Crippen molar-refractivity contribution in [3.05, 3.63) is 64.4 Å². The maximum Gasteiger partial charge on any atom is 0.225 e. The minimum Gasteiger partial charge on any atom is -0.439 e. The van der Waals surface area contributed by atoms with E-state index in [0.29, 0.717) is 15.8 Å². The zero-order chi connectivity index (χ0) is 14.8. The van der Waals surface area contributed by atoms with Crippen LogP contribution < -0.4 is 4.74 Å². The Hall–Kier alpha value is -1.98. The van der Waals surface area contributed by atoms with E-state index in [-0.39, 0.29) is 12.5 Å². The number of nitrogens with zero attached hydrogens (tertiary/aromatic N) is 1. The van der Waals surface area contributed by atoms with Crippen LogP contribution in [0.5, 0.6) is 11.6 Å². The van der Waals surface area contributed by atoms with Gasteiger partial charge in [-0.3, -0.25) is 0 Å².